The van der Waals surface area contributed by atoms with Gasteiger partial charge in [-0.3, -0.25) is 14.5 Å². The van der Waals surface area contributed by atoms with Crippen LogP contribution in [0.2, 0.25) is 5.02 Å². The number of nitrogens with one attached hydrogen (secondary N) is 4. The quantitative estimate of drug-likeness (QED) is 0.415. The molecule has 0 atom stereocenters. The number of hydrogen-bond acceptors (Lipinski definition) is 5. The molecule has 1 aliphatic carbocycles. The molecule has 4 N–H and O–H groups in total. The van der Waals surface area contributed by atoms with Crippen LogP contribution in [0.15, 0.2) is 12.1 Å². The Morgan fingerprint density at radius 1 is 1.23 bits per heavy atom. The number of fused-ring (bicyclic) bond motifs is 1. The fraction of sp³-hybridized carbons (Fsp3) is 0.474. The van der Waals surface area contributed by atoms with E-state index in [0.717, 1.165) is 12.8 Å². The van der Waals surface area contributed by atoms with Crippen LogP contribution in [0.5, 0.6) is 5.75 Å². The molecule has 10 nitrogen and oxygen atoms in total. The van der Waals surface area contributed by atoms with Crippen LogP contribution < -0.4 is 26.0 Å². The van der Waals surface area contributed by atoms with Crippen molar-refractivity contribution in [3.05, 3.63) is 17.2 Å². The van der Waals surface area contributed by atoms with Crippen molar-refractivity contribution in [1.29, 1.82) is 0 Å². The SMILES string of the molecule is O=C1COc2cc(NC(=O)NCCCN3C(=O)NC4(CCCC4)C3=O)c(Cl)cc2N1. The van der Waals surface area contributed by atoms with Crippen LogP contribution in [0.3, 0.4) is 0 Å². The number of amides is 6. The maximum absolute atomic E-state index is 12.6. The fourth-order valence-corrected chi connectivity index (χ4v) is 4.21. The van der Waals surface area contributed by atoms with Crippen molar-refractivity contribution in [1.82, 2.24) is 15.5 Å². The van der Waals surface area contributed by atoms with Gasteiger partial charge in [0.05, 0.1) is 16.4 Å². The average Bonchev–Trinajstić information content (AvgIpc) is 3.26. The van der Waals surface area contributed by atoms with Gasteiger partial charge < -0.3 is 26.0 Å². The molecule has 0 unspecified atom stereocenters. The van der Waals surface area contributed by atoms with Crippen molar-refractivity contribution in [2.45, 2.75) is 37.6 Å². The summed E-state index contributed by atoms with van der Waals surface area (Å²) >= 11 is 6.15. The molecule has 0 bridgehead atoms. The van der Waals surface area contributed by atoms with Gasteiger partial charge in [-0.05, 0) is 25.3 Å². The summed E-state index contributed by atoms with van der Waals surface area (Å²) in [5, 5.41) is 11.0. The highest BCUT2D eigenvalue weighted by molar-refractivity contribution is 6.34. The van der Waals surface area contributed by atoms with E-state index >= 15 is 0 Å². The Bertz CT molecular complexity index is 915. The highest BCUT2D eigenvalue weighted by atomic mass is 35.5. The molecule has 1 spiro atoms. The Balaban J connectivity index is 1.25. The van der Waals surface area contributed by atoms with Gasteiger partial charge in [0, 0.05) is 19.2 Å². The number of urea groups is 2. The van der Waals surface area contributed by atoms with Crippen LogP contribution in [0.4, 0.5) is 21.0 Å². The average molecular weight is 436 g/mol. The van der Waals surface area contributed by atoms with Crippen molar-refractivity contribution < 1.29 is 23.9 Å². The van der Waals surface area contributed by atoms with E-state index < -0.39 is 11.6 Å². The third kappa shape index (κ3) is 3.87. The van der Waals surface area contributed by atoms with Gasteiger partial charge in [0.2, 0.25) is 0 Å². The Kier molecular flexibility index (Phi) is 5.42. The van der Waals surface area contributed by atoms with Crippen molar-refractivity contribution in [2.75, 3.05) is 30.3 Å². The van der Waals surface area contributed by atoms with E-state index in [9.17, 15) is 19.2 Å². The zero-order valence-electron chi connectivity index (χ0n) is 16.2. The summed E-state index contributed by atoms with van der Waals surface area (Å²) in [5.41, 5.74) is 0.0595. The van der Waals surface area contributed by atoms with Gasteiger partial charge in [-0.15, -0.1) is 0 Å². The molecule has 1 saturated carbocycles. The molecule has 2 aliphatic heterocycles. The van der Waals surface area contributed by atoms with Crippen LogP contribution in [-0.4, -0.2) is 54.0 Å². The van der Waals surface area contributed by atoms with Crippen LogP contribution in [0, 0.1) is 0 Å². The number of ether oxygens (including phenoxy) is 1. The molecule has 6 amide bonds. The molecule has 4 rings (SSSR count). The number of carbonyl (C=O) groups is 4. The highest BCUT2D eigenvalue weighted by Crippen LogP contribution is 2.36. The van der Waals surface area contributed by atoms with Gasteiger partial charge in [0.15, 0.2) is 6.61 Å². The molecule has 1 aromatic rings. The smallest absolute Gasteiger partial charge is 0.325 e. The molecule has 2 heterocycles. The van der Waals surface area contributed by atoms with Crippen molar-refractivity contribution in [3.8, 4) is 5.75 Å². The largest absolute Gasteiger partial charge is 0.482 e. The maximum atomic E-state index is 12.6. The van der Waals surface area contributed by atoms with E-state index in [1.165, 1.54) is 17.0 Å². The topological polar surface area (TPSA) is 129 Å². The summed E-state index contributed by atoms with van der Waals surface area (Å²) in [5.74, 6) is -0.0304. The number of carbonyl (C=O) groups excluding carboxylic acids is 4. The minimum absolute atomic E-state index is 0.107. The van der Waals surface area contributed by atoms with Gasteiger partial charge in [-0.25, -0.2) is 9.59 Å². The predicted octanol–water partition coefficient (Wildman–Crippen LogP) is 2.05. The van der Waals surface area contributed by atoms with E-state index in [2.05, 4.69) is 21.3 Å². The molecule has 2 fully saturated rings. The molecule has 1 aromatic carbocycles. The Labute approximate surface area is 177 Å². The van der Waals surface area contributed by atoms with E-state index in [0.29, 0.717) is 36.4 Å². The molecule has 1 saturated heterocycles. The van der Waals surface area contributed by atoms with E-state index in [1.807, 2.05) is 0 Å². The maximum Gasteiger partial charge on any atom is 0.325 e. The molecular formula is C19H22ClN5O5. The van der Waals surface area contributed by atoms with E-state index in [1.54, 1.807) is 0 Å². The summed E-state index contributed by atoms with van der Waals surface area (Å²) in [6.45, 7) is 0.398. The second-order valence-corrected chi connectivity index (χ2v) is 7.98. The minimum atomic E-state index is -0.716. The summed E-state index contributed by atoms with van der Waals surface area (Å²) in [6, 6.07) is 2.19. The molecule has 30 heavy (non-hydrogen) atoms. The lowest BCUT2D eigenvalue weighted by atomic mass is 9.98. The highest BCUT2D eigenvalue weighted by Gasteiger charge is 2.51. The Hall–Kier alpha value is -3.01. The number of halogens is 1. The first-order valence-corrected chi connectivity index (χ1v) is 10.2. The van der Waals surface area contributed by atoms with E-state index in [-0.39, 0.29) is 42.6 Å². The zero-order chi connectivity index (χ0) is 21.3. The summed E-state index contributed by atoms with van der Waals surface area (Å²) in [6.07, 6.45) is 3.66. The van der Waals surface area contributed by atoms with Gasteiger partial charge >= 0.3 is 12.1 Å². The van der Waals surface area contributed by atoms with Crippen LogP contribution in [-0.2, 0) is 9.59 Å². The van der Waals surface area contributed by atoms with E-state index in [4.69, 9.17) is 16.3 Å². The van der Waals surface area contributed by atoms with Crippen molar-refractivity contribution >= 4 is 46.9 Å². The second kappa shape index (κ2) is 8.02. The summed E-state index contributed by atoms with van der Waals surface area (Å²) in [4.78, 5) is 49.4. The lowest BCUT2D eigenvalue weighted by Gasteiger charge is -2.20. The Morgan fingerprint density at radius 2 is 2.00 bits per heavy atom. The first-order chi connectivity index (χ1) is 14.4. The van der Waals surface area contributed by atoms with Gasteiger partial charge in [0.1, 0.15) is 11.3 Å². The summed E-state index contributed by atoms with van der Waals surface area (Å²) < 4.78 is 5.31. The van der Waals surface area contributed by atoms with Crippen LogP contribution in [0.25, 0.3) is 0 Å². The van der Waals surface area contributed by atoms with Gasteiger partial charge in [-0.1, -0.05) is 24.4 Å². The third-order valence-electron chi connectivity index (χ3n) is 5.50. The molecule has 0 aromatic heterocycles. The molecule has 11 heteroatoms. The van der Waals surface area contributed by atoms with Crippen LogP contribution >= 0.6 is 11.6 Å². The number of nitrogens with zero attached hydrogens (tertiary/aromatic N) is 1. The number of benzene rings is 1. The number of imide groups is 1. The zero-order valence-corrected chi connectivity index (χ0v) is 16.9. The van der Waals surface area contributed by atoms with Crippen molar-refractivity contribution in [3.63, 3.8) is 0 Å². The fourth-order valence-electron chi connectivity index (χ4n) is 4.00. The lowest BCUT2D eigenvalue weighted by molar-refractivity contribution is -0.131. The number of anilines is 2. The molecule has 0 radical (unpaired) electrons. The molecule has 3 aliphatic rings. The predicted molar refractivity (Wildman–Crippen MR) is 109 cm³/mol. The van der Waals surface area contributed by atoms with Gasteiger partial charge in [-0.2, -0.15) is 0 Å². The lowest BCUT2D eigenvalue weighted by Crippen LogP contribution is -2.44. The standard InChI is InChI=1S/C19H22ClN5O5/c20-11-8-13-14(30-10-15(26)22-13)9-12(11)23-17(28)21-6-3-7-25-16(27)19(24-18(25)29)4-1-2-5-19/h8-9H,1-7,10H2,(H,22,26)(H,24,29)(H2,21,23,28). The third-order valence-corrected chi connectivity index (χ3v) is 5.81. The molecule has 160 valence electrons. The monoisotopic (exact) mass is 435 g/mol. The van der Waals surface area contributed by atoms with Crippen LogP contribution in [0.1, 0.15) is 32.1 Å². The first-order valence-electron chi connectivity index (χ1n) is 9.83. The molecular weight excluding hydrogens is 414 g/mol. The minimum Gasteiger partial charge on any atom is -0.482 e. The first kappa shape index (κ1) is 20.3. The van der Waals surface area contributed by atoms with Crippen molar-refractivity contribution in [2.24, 2.45) is 0 Å². The van der Waals surface area contributed by atoms with Gasteiger partial charge in [0.25, 0.3) is 11.8 Å². The summed E-state index contributed by atoms with van der Waals surface area (Å²) in [7, 11) is 0. The normalized spacial score (nSPS) is 19.2. The Morgan fingerprint density at radius 3 is 2.77 bits per heavy atom. The number of hydrogen-bond donors (Lipinski definition) is 4. The second-order valence-electron chi connectivity index (χ2n) is 7.58. The number of rotatable bonds is 5.